The third kappa shape index (κ3) is 3.65. The maximum Gasteiger partial charge on any atom is 0.488 e. The van der Waals surface area contributed by atoms with Crippen molar-refractivity contribution in [1.29, 1.82) is 0 Å². The van der Waals surface area contributed by atoms with Crippen LogP contribution in [0.3, 0.4) is 0 Å². The summed E-state index contributed by atoms with van der Waals surface area (Å²) >= 11 is 0. The van der Waals surface area contributed by atoms with Crippen molar-refractivity contribution in [1.82, 2.24) is 5.32 Å². The summed E-state index contributed by atoms with van der Waals surface area (Å²) in [5.74, 6) is -0.264. The summed E-state index contributed by atoms with van der Waals surface area (Å²) in [6.07, 6.45) is 0. The van der Waals surface area contributed by atoms with Crippen molar-refractivity contribution >= 4 is 18.5 Å². The van der Waals surface area contributed by atoms with E-state index in [0.29, 0.717) is 24.2 Å². The van der Waals surface area contributed by atoms with Gasteiger partial charge in [-0.25, -0.2) is 0 Å². The van der Waals surface area contributed by atoms with Crippen LogP contribution in [0, 0.1) is 0 Å². The molecule has 1 aromatic carbocycles. The Morgan fingerprint density at radius 1 is 1.50 bits per heavy atom. The third-order valence-electron chi connectivity index (χ3n) is 2.04. The van der Waals surface area contributed by atoms with Gasteiger partial charge < -0.3 is 20.1 Å². The topological polar surface area (TPSA) is 78.8 Å². The zero-order valence-electron chi connectivity index (χ0n) is 9.01. The van der Waals surface area contributed by atoms with Crippen molar-refractivity contribution in [2.24, 2.45) is 0 Å². The molecular formula is C10H14BNO4. The maximum absolute atomic E-state index is 11.6. The van der Waals surface area contributed by atoms with Crippen LogP contribution in [-0.2, 0) is 4.74 Å². The molecule has 0 heterocycles. The molecule has 0 unspecified atom stereocenters. The summed E-state index contributed by atoms with van der Waals surface area (Å²) in [6.45, 7) is 0.856. The highest BCUT2D eigenvalue weighted by molar-refractivity contribution is 6.58. The predicted octanol–water partition coefficient (Wildman–Crippen LogP) is -1.26. The molecule has 0 saturated heterocycles. The number of nitrogens with one attached hydrogen (secondary N) is 1. The van der Waals surface area contributed by atoms with E-state index in [0.717, 1.165) is 0 Å². The molecule has 5 nitrogen and oxygen atoms in total. The van der Waals surface area contributed by atoms with Gasteiger partial charge in [-0.15, -0.1) is 0 Å². The Labute approximate surface area is 94.2 Å². The van der Waals surface area contributed by atoms with Crippen LogP contribution >= 0.6 is 0 Å². The summed E-state index contributed by atoms with van der Waals surface area (Å²) in [5, 5.41) is 20.5. The number of rotatable bonds is 5. The Morgan fingerprint density at radius 2 is 2.25 bits per heavy atom. The molecule has 0 atom stereocenters. The molecule has 0 aliphatic carbocycles. The quantitative estimate of drug-likeness (QED) is 0.430. The Balaban J connectivity index is 2.64. The molecule has 0 bridgehead atoms. The molecule has 16 heavy (non-hydrogen) atoms. The molecule has 86 valence electrons. The molecule has 6 heteroatoms. The standard InChI is InChI=1S/C10H14BNO4/c1-16-6-5-12-10(13)8-3-2-4-9(7-8)11(14)15/h2-4,7,14-15H,5-6H2,1H3,(H,12,13). The van der Waals surface area contributed by atoms with Gasteiger partial charge in [0.2, 0.25) is 0 Å². The fourth-order valence-electron chi connectivity index (χ4n) is 1.21. The minimum absolute atomic E-state index is 0.264. The Morgan fingerprint density at radius 3 is 2.88 bits per heavy atom. The molecule has 0 spiro atoms. The minimum atomic E-state index is -1.56. The zero-order valence-corrected chi connectivity index (χ0v) is 9.01. The van der Waals surface area contributed by atoms with Gasteiger partial charge in [0.25, 0.3) is 5.91 Å². The predicted molar refractivity (Wildman–Crippen MR) is 60.5 cm³/mol. The van der Waals surface area contributed by atoms with Gasteiger partial charge in [0, 0.05) is 19.2 Å². The number of ether oxygens (including phenoxy) is 1. The van der Waals surface area contributed by atoms with E-state index >= 15 is 0 Å². The van der Waals surface area contributed by atoms with Crippen LogP contribution in [0.5, 0.6) is 0 Å². The van der Waals surface area contributed by atoms with Gasteiger partial charge in [-0.05, 0) is 17.6 Å². The van der Waals surface area contributed by atoms with Gasteiger partial charge in [-0.3, -0.25) is 4.79 Å². The van der Waals surface area contributed by atoms with Crippen LogP contribution in [0.4, 0.5) is 0 Å². The van der Waals surface area contributed by atoms with Crippen molar-refractivity contribution in [2.75, 3.05) is 20.3 Å². The molecule has 1 rings (SSSR count). The van der Waals surface area contributed by atoms with E-state index in [-0.39, 0.29) is 5.91 Å². The second kappa shape index (κ2) is 6.27. The molecule has 1 amide bonds. The average molecular weight is 223 g/mol. The van der Waals surface area contributed by atoms with Crippen LogP contribution in [0.1, 0.15) is 10.4 Å². The molecule has 0 fully saturated rings. The van der Waals surface area contributed by atoms with Crippen LogP contribution < -0.4 is 10.8 Å². The van der Waals surface area contributed by atoms with Gasteiger partial charge in [-0.2, -0.15) is 0 Å². The lowest BCUT2D eigenvalue weighted by Gasteiger charge is -2.06. The van der Waals surface area contributed by atoms with E-state index in [4.69, 9.17) is 14.8 Å². The second-order valence-electron chi connectivity index (χ2n) is 3.25. The highest BCUT2D eigenvalue weighted by Crippen LogP contribution is 1.96. The molecule has 0 saturated carbocycles. The average Bonchev–Trinajstić information content (AvgIpc) is 2.29. The van der Waals surface area contributed by atoms with E-state index < -0.39 is 7.12 Å². The SMILES string of the molecule is COCCNC(=O)c1cccc(B(O)O)c1. The van der Waals surface area contributed by atoms with E-state index in [2.05, 4.69) is 5.32 Å². The van der Waals surface area contributed by atoms with Crippen molar-refractivity contribution in [3.8, 4) is 0 Å². The summed E-state index contributed by atoms with van der Waals surface area (Å²) in [6, 6.07) is 6.18. The monoisotopic (exact) mass is 223 g/mol. The normalized spacial score (nSPS) is 9.94. The zero-order chi connectivity index (χ0) is 12.0. The largest absolute Gasteiger partial charge is 0.488 e. The maximum atomic E-state index is 11.6. The molecule has 1 aromatic rings. The Kier molecular flexibility index (Phi) is 4.98. The molecule has 0 aromatic heterocycles. The highest BCUT2D eigenvalue weighted by atomic mass is 16.5. The lowest BCUT2D eigenvalue weighted by molar-refractivity contribution is 0.0937. The number of hydrogen-bond donors (Lipinski definition) is 3. The van der Waals surface area contributed by atoms with E-state index in [9.17, 15) is 4.79 Å². The number of hydrogen-bond acceptors (Lipinski definition) is 4. The van der Waals surface area contributed by atoms with E-state index in [1.165, 1.54) is 12.1 Å². The van der Waals surface area contributed by atoms with Crippen LogP contribution in [0.15, 0.2) is 24.3 Å². The Hall–Kier alpha value is -1.37. The van der Waals surface area contributed by atoms with Crippen molar-refractivity contribution in [3.63, 3.8) is 0 Å². The minimum Gasteiger partial charge on any atom is -0.423 e. The van der Waals surface area contributed by atoms with Gasteiger partial charge in [0.05, 0.1) is 6.61 Å². The fourth-order valence-corrected chi connectivity index (χ4v) is 1.21. The van der Waals surface area contributed by atoms with Gasteiger partial charge in [-0.1, -0.05) is 12.1 Å². The summed E-state index contributed by atoms with van der Waals surface area (Å²) in [5.41, 5.74) is 0.682. The number of carbonyl (C=O) groups is 1. The fraction of sp³-hybridized carbons (Fsp3) is 0.300. The second-order valence-corrected chi connectivity index (χ2v) is 3.25. The van der Waals surface area contributed by atoms with Crippen LogP contribution in [-0.4, -0.2) is 43.3 Å². The van der Waals surface area contributed by atoms with Crippen molar-refractivity contribution < 1.29 is 19.6 Å². The van der Waals surface area contributed by atoms with E-state index in [1.54, 1.807) is 19.2 Å². The van der Waals surface area contributed by atoms with Crippen LogP contribution in [0.2, 0.25) is 0 Å². The number of amides is 1. The summed E-state index contributed by atoms with van der Waals surface area (Å²) in [7, 11) is -0.0127. The summed E-state index contributed by atoms with van der Waals surface area (Å²) < 4.78 is 4.80. The highest BCUT2D eigenvalue weighted by Gasteiger charge is 2.13. The van der Waals surface area contributed by atoms with E-state index in [1.807, 2.05) is 0 Å². The molecule has 0 aliphatic heterocycles. The summed E-state index contributed by atoms with van der Waals surface area (Å²) in [4.78, 5) is 11.6. The first kappa shape index (κ1) is 12.7. The number of carbonyl (C=O) groups excluding carboxylic acids is 1. The van der Waals surface area contributed by atoms with Crippen molar-refractivity contribution in [2.45, 2.75) is 0 Å². The van der Waals surface area contributed by atoms with Gasteiger partial charge in [0.15, 0.2) is 0 Å². The first-order valence-electron chi connectivity index (χ1n) is 4.88. The smallest absolute Gasteiger partial charge is 0.423 e. The third-order valence-corrected chi connectivity index (χ3v) is 2.04. The Bertz CT molecular complexity index is 356. The molecule has 3 N–H and O–H groups in total. The van der Waals surface area contributed by atoms with Crippen LogP contribution in [0.25, 0.3) is 0 Å². The molecule has 0 radical (unpaired) electrons. The first-order valence-corrected chi connectivity index (χ1v) is 4.88. The lowest BCUT2D eigenvalue weighted by atomic mass is 9.79. The molecular weight excluding hydrogens is 209 g/mol. The van der Waals surface area contributed by atoms with Gasteiger partial charge in [0.1, 0.15) is 0 Å². The lowest BCUT2D eigenvalue weighted by Crippen LogP contribution is -2.32. The number of methoxy groups -OCH3 is 1. The molecule has 0 aliphatic rings. The van der Waals surface area contributed by atoms with Crippen molar-refractivity contribution in [3.05, 3.63) is 29.8 Å². The number of benzene rings is 1. The first-order chi connectivity index (χ1) is 7.65. The van der Waals surface area contributed by atoms with Gasteiger partial charge >= 0.3 is 7.12 Å².